The fourth-order valence-corrected chi connectivity index (χ4v) is 1.53. The first-order valence-electron chi connectivity index (χ1n) is 5.06. The molecule has 4 nitrogen and oxygen atoms in total. The fraction of sp³-hybridized carbons (Fsp3) is 0.273. The van der Waals surface area contributed by atoms with Crippen molar-refractivity contribution in [2.45, 2.75) is 19.2 Å². The van der Waals surface area contributed by atoms with Crippen molar-refractivity contribution in [2.75, 3.05) is 5.32 Å². The van der Waals surface area contributed by atoms with Crippen molar-refractivity contribution in [2.24, 2.45) is 0 Å². The summed E-state index contributed by atoms with van der Waals surface area (Å²) in [6.45, 7) is 2.10. The highest BCUT2D eigenvalue weighted by molar-refractivity contribution is 6.16. The van der Waals surface area contributed by atoms with Crippen LogP contribution in [0.25, 0.3) is 0 Å². The van der Waals surface area contributed by atoms with Gasteiger partial charge in [-0.05, 0) is 18.1 Å². The van der Waals surface area contributed by atoms with Crippen molar-refractivity contribution >= 4 is 23.3 Å². The number of nitrogens with zero attached hydrogens (tertiary/aromatic N) is 2. The van der Waals surface area contributed by atoms with E-state index in [9.17, 15) is 0 Å². The van der Waals surface area contributed by atoms with Crippen LogP contribution < -0.4 is 5.32 Å². The number of anilines is 2. The van der Waals surface area contributed by atoms with Gasteiger partial charge in [0.05, 0.1) is 0 Å². The van der Waals surface area contributed by atoms with Gasteiger partial charge in [0.25, 0.3) is 0 Å². The second-order valence-electron chi connectivity index (χ2n) is 3.27. The molecule has 0 spiro atoms. The molecular formula is C11H12ClN3O. The summed E-state index contributed by atoms with van der Waals surface area (Å²) in [5.74, 6) is 0.641. The normalized spacial score (nSPS) is 10.4. The van der Waals surface area contributed by atoms with Gasteiger partial charge in [-0.15, -0.1) is 16.7 Å². The van der Waals surface area contributed by atoms with Crippen LogP contribution in [0.2, 0.25) is 0 Å². The van der Waals surface area contributed by atoms with Crippen LogP contribution in [-0.4, -0.2) is 10.2 Å². The molecule has 1 N–H and O–H groups in total. The molecule has 84 valence electrons. The summed E-state index contributed by atoms with van der Waals surface area (Å²) in [6.07, 6.45) is 0.944. The van der Waals surface area contributed by atoms with E-state index in [2.05, 4.69) is 28.5 Å². The van der Waals surface area contributed by atoms with E-state index in [1.54, 1.807) is 0 Å². The van der Waals surface area contributed by atoms with Crippen molar-refractivity contribution in [3.63, 3.8) is 0 Å². The predicted molar refractivity (Wildman–Crippen MR) is 63.0 cm³/mol. The third-order valence-corrected chi connectivity index (χ3v) is 2.45. The molecule has 0 aliphatic rings. The molecule has 1 aromatic heterocycles. The Morgan fingerprint density at radius 3 is 2.81 bits per heavy atom. The monoisotopic (exact) mass is 237 g/mol. The lowest BCUT2D eigenvalue weighted by Gasteiger charge is -2.06. The van der Waals surface area contributed by atoms with Crippen LogP contribution in [0.4, 0.5) is 11.7 Å². The molecule has 0 saturated heterocycles. The van der Waals surface area contributed by atoms with Crippen molar-refractivity contribution in [1.29, 1.82) is 0 Å². The highest BCUT2D eigenvalue weighted by atomic mass is 35.5. The van der Waals surface area contributed by atoms with Gasteiger partial charge in [0.1, 0.15) is 5.88 Å². The number of benzene rings is 1. The number of nitrogens with one attached hydrogen (secondary N) is 1. The van der Waals surface area contributed by atoms with Crippen molar-refractivity contribution < 1.29 is 4.42 Å². The first-order valence-corrected chi connectivity index (χ1v) is 5.60. The average molecular weight is 238 g/mol. The molecule has 0 aliphatic heterocycles. The zero-order valence-electron chi connectivity index (χ0n) is 8.90. The van der Waals surface area contributed by atoms with E-state index in [0.717, 1.165) is 12.1 Å². The van der Waals surface area contributed by atoms with Gasteiger partial charge in [0, 0.05) is 5.69 Å². The van der Waals surface area contributed by atoms with Crippen LogP contribution in [-0.2, 0) is 12.3 Å². The Balaban J connectivity index is 2.19. The number of halogens is 1. The molecular weight excluding hydrogens is 226 g/mol. The number of para-hydroxylation sites is 1. The summed E-state index contributed by atoms with van der Waals surface area (Å²) < 4.78 is 5.27. The topological polar surface area (TPSA) is 51.0 Å². The number of aromatic nitrogens is 2. The lowest BCUT2D eigenvalue weighted by atomic mass is 10.1. The van der Waals surface area contributed by atoms with Gasteiger partial charge in [-0.2, -0.15) is 0 Å². The molecule has 0 saturated carbocycles. The van der Waals surface area contributed by atoms with E-state index in [1.807, 2.05) is 18.2 Å². The summed E-state index contributed by atoms with van der Waals surface area (Å²) in [7, 11) is 0. The minimum Gasteiger partial charge on any atom is -0.407 e. The summed E-state index contributed by atoms with van der Waals surface area (Å²) >= 11 is 5.58. The summed E-state index contributed by atoms with van der Waals surface area (Å²) in [5.41, 5.74) is 2.18. The first-order chi connectivity index (χ1) is 7.83. The van der Waals surface area contributed by atoms with Crippen LogP contribution in [0.15, 0.2) is 28.7 Å². The van der Waals surface area contributed by atoms with Crippen molar-refractivity contribution in [3.8, 4) is 0 Å². The SMILES string of the molecule is CCc1ccccc1Nc1nnc(CCl)o1. The Bertz CT molecular complexity index is 470. The van der Waals surface area contributed by atoms with Gasteiger partial charge in [-0.25, -0.2) is 0 Å². The Morgan fingerprint density at radius 1 is 1.31 bits per heavy atom. The molecule has 0 fully saturated rings. The van der Waals surface area contributed by atoms with E-state index >= 15 is 0 Å². The highest BCUT2D eigenvalue weighted by Gasteiger charge is 2.06. The molecule has 0 atom stereocenters. The van der Waals surface area contributed by atoms with E-state index < -0.39 is 0 Å². The summed E-state index contributed by atoms with van der Waals surface area (Å²) in [4.78, 5) is 0. The quantitative estimate of drug-likeness (QED) is 0.831. The van der Waals surface area contributed by atoms with Gasteiger partial charge < -0.3 is 9.73 Å². The average Bonchev–Trinajstić information content (AvgIpc) is 2.77. The lowest BCUT2D eigenvalue weighted by Crippen LogP contribution is -1.94. The maximum absolute atomic E-state index is 5.58. The Labute approximate surface area is 98.6 Å². The minimum absolute atomic E-state index is 0.226. The van der Waals surface area contributed by atoms with Gasteiger partial charge in [-0.3, -0.25) is 0 Å². The largest absolute Gasteiger partial charge is 0.407 e. The third-order valence-electron chi connectivity index (χ3n) is 2.22. The molecule has 0 unspecified atom stereocenters. The zero-order valence-corrected chi connectivity index (χ0v) is 9.66. The van der Waals surface area contributed by atoms with Crippen LogP contribution in [0.3, 0.4) is 0 Å². The van der Waals surface area contributed by atoms with Crippen molar-refractivity contribution in [1.82, 2.24) is 10.2 Å². The first kappa shape index (κ1) is 11.0. The zero-order chi connectivity index (χ0) is 11.4. The molecule has 0 aliphatic carbocycles. The number of hydrogen-bond acceptors (Lipinski definition) is 4. The molecule has 5 heteroatoms. The molecule has 0 amide bonds. The van der Waals surface area contributed by atoms with Gasteiger partial charge in [-0.1, -0.05) is 30.2 Å². The number of rotatable bonds is 4. The summed E-state index contributed by atoms with van der Waals surface area (Å²) in [6, 6.07) is 8.36. The maximum atomic E-state index is 5.58. The lowest BCUT2D eigenvalue weighted by molar-refractivity contribution is 0.530. The molecule has 0 bridgehead atoms. The molecule has 0 radical (unpaired) electrons. The van der Waals surface area contributed by atoms with E-state index in [1.165, 1.54) is 5.56 Å². The Hall–Kier alpha value is -1.55. The van der Waals surface area contributed by atoms with Crippen LogP contribution in [0.5, 0.6) is 0 Å². The molecule has 1 heterocycles. The molecule has 1 aromatic carbocycles. The summed E-state index contributed by atoms with van der Waals surface area (Å²) in [5, 5.41) is 10.7. The smallest absolute Gasteiger partial charge is 0.320 e. The van der Waals surface area contributed by atoms with E-state index in [-0.39, 0.29) is 5.88 Å². The van der Waals surface area contributed by atoms with E-state index in [4.69, 9.17) is 16.0 Å². The number of aryl methyl sites for hydroxylation is 1. The highest BCUT2D eigenvalue weighted by Crippen LogP contribution is 2.20. The van der Waals surface area contributed by atoms with Crippen LogP contribution in [0.1, 0.15) is 18.4 Å². The molecule has 2 aromatic rings. The molecule has 2 rings (SSSR count). The minimum atomic E-state index is 0.226. The van der Waals surface area contributed by atoms with Gasteiger partial charge >= 0.3 is 6.01 Å². The predicted octanol–water partition coefficient (Wildman–Crippen LogP) is 3.11. The Morgan fingerprint density at radius 2 is 2.12 bits per heavy atom. The van der Waals surface area contributed by atoms with Crippen LogP contribution >= 0.6 is 11.6 Å². The second kappa shape index (κ2) is 4.99. The number of alkyl halides is 1. The standard InChI is InChI=1S/C11H12ClN3O/c1-2-8-5-3-4-6-9(8)13-11-15-14-10(7-12)16-11/h3-6H,2,7H2,1H3,(H,13,15). The fourth-order valence-electron chi connectivity index (χ4n) is 1.42. The second-order valence-corrected chi connectivity index (χ2v) is 3.54. The third kappa shape index (κ3) is 2.33. The van der Waals surface area contributed by atoms with Gasteiger partial charge in [0.2, 0.25) is 5.89 Å². The molecule has 16 heavy (non-hydrogen) atoms. The van der Waals surface area contributed by atoms with Gasteiger partial charge in [0.15, 0.2) is 0 Å². The van der Waals surface area contributed by atoms with Crippen molar-refractivity contribution in [3.05, 3.63) is 35.7 Å². The number of hydrogen-bond donors (Lipinski definition) is 1. The maximum Gasteiger partial charge on any atom is 0.320 e. The van der Waals surface area contributed by atoms with Crippen LogP contribution in [0, 0.1) is 0 Å². The Kier molecular flexibility index (Phi) is 3.41. The van der Waals surface area contributed by atoms with E-state index in [0.29, 0.717) is 11.9 Å².